The van der Waals surface area contributed by atoms with E-state index in [9.17, 15) is 19.4 Å². The molecule has 2 N–H and O–H groups in total. The Labute approximate surface area is 161 Å². The normalized spacial score (nSPS) is 15.8. The molecule has 0 heterocycles. The molecular weight excluding hydrogens is 393 g/mol. The van der Waals surface area contributed by atoms with Crippen molar-refractivity contribution in [3.8, 4) is 0 Å². The van der Waals surface area contributed by atoms with Crippen molar-refractivity contribution in [1.82, 2.24) is 0 Å². The molecule has 0 aliphatic rings. The van der Waals surface area contributed by atoms with Gasteiger partial charge in [-0.1, -0.05) is 74.0 Å². The van der Waals surface area contributed by atoms with Crippen molar-refractivity contribution < 1.29 is 24.7 Å². The summed E-state index contributed by atoms with van der Waals surface area (Å²) in [6.07, 6.45) is 0.916. The fraction of sp³-hybridized carbons (Fsp3) is 0.238. The molecule has 0 amide bonds. The average molecular weight is 416 g/mol. The predicted molar refractivity (Wildman–Crippen MR) is 105 cm³/mol. The molecule has 0 fully saturated rings. The van der Waals surface area contributed by atoms with Crippen molar-refractivity contribution in [1.29, 1.82) is 0 Å². The van der Waals surface area contributed by atoms with Gasteiger partial charge in [0.1, 0.15) is 10.9 Å². The summed E-state index contributed by atoms with van der Waals surface area (Å²) in [5, 5.41) is 4.46. The van der Waals surface area contributed by atoms with Gasteiger partial charge in [0.15, 0.2) is 0 Å². The van der Waals surface area contributed by atoms with Crippen molar-refractivity contribution >= 4 is 21.0 Å². The van der Waals surface area contributed by atoms with E-state index in [2.05, 4.69) is 36.5 Å². The number of aryl methyl sites for hydroxylation is 1. The topological polar surface area (TPSA) is 16.6 Å². The van der Waals surface area contributed by atoms with Crippen LogP contribution in [0.2, 0.25) is 0 Å². The van der Waals surface area contributed by atoms with Gasteiger partial charge in [0.2, 0.25) is 0 Å². The summed E-state index contributed by atoms with van der Waals surface area (Å²) in [7, 11) is -9.62. The highest BCUT2D eigenvalue weighted by Gasteiger charge is 2.65. The van der Waals surface area contributed by atoms with Gasteiger partial charge in [-0.15, -0.1) is 0 Å². The SMILES string of the molecule is C[C@@H]([NH2+]CCCc1cccc(S(F)(F)(F)(F)F)c1)c1cccc2ccccc12. The molecule has 3 rings (SSSR count). The van der Waals surface area contributed by atoms with Crippen LogP contribution in [0.5, 0.6) is 0 Å². The second-order valence-electron chi connectivity index (χ2n) is 7.10. The number of hydrogen-bond acceptors (Lipinski definition) is 0. The van der Waals surface area contributed by atoms with Crippen molar-refractivity contribution in [2.45, 2.75) is 30.7 Å². The van der Waals surface area contributed by atoms with Crippen LogP contribution < -0.4 is 5.32 Å². The molecule has 28 heavy (non-hydrogen) atoms. The van der Waals surface area contributed by atoms with Gasteiger partial charge in [0.05, 0.1) is 6.54 Å². The first-order valence-electron chi connectivity index (χ1n) is 9.08. The number of fused-ring (bicyclic) bond motifs is 1. The Morgan fingerprint density at radius 1 is 0.857 bits per heavy atom. The van der Waals surface area contributed by atoms with Gasteiger partial charge in [-0.2, -0.15) is 0 Å². The van der Waals surface area contributed by atoms with Crippen molar-refractivity contribution in [2.75, 3.05) is 6.54 Å². The van der Waals surface area contributed by atoms with E-state index in [1.54, 1.807) is 0 Å². The van der Waals surface area contributed by atoms with Crippen molar-refractivity contribution in [3.05, 3.63) is 77.9 Å². The van der Waals surface area contributed by atoms with Gasteiger partial charge in [-0.3, -0.25) is 0 Å². The molecule has 1 atom stereocenters. The van der Waals surface area contributed by atoms with E-state index in [1.165, 1.54) is 17.0 Å². The van der Waals surface area contributed by atoms with Gasteiger partial charge in [-0.25, -0.2) is 0 Å². The van der Waals surface area contributed by atoms with Crippen LogP contribution in [0.3, 0.4) is 0 Å². The van der Waals surface area contributed by atoms with E-state index >= 15 is 0 Å². The Hall–Kier alpha value is -2.12. The molecule has 0 aliphatic heterocycles. The lowest BCUT2D eigenvalue weighted by Crippen LogP contribution is -2.84. The van der Waals surface area contributed by atoms with Crippen molar-refractivity contribution in [3.63, 3.8) is 0 Å². The van der Waals surface area contributed by atoms with E-state index in [0.717, 1.165) is 11.5 Å². The summed E-state index contributed by atoms with van der Waals surface area (Å²) in [6.45, 7) is 2.77. The summed E-state index contributed by atoms with van der Waals surface area (Å²) < 4.78 is 64.7. The zero-order valence-electron chi connectivity index (χ0n) is 15.4. The quantitative estimate of drug-likeness (QED) is 0.324. The zero-order chi connectivity index (χ0) is 20.5. The number of nitrogens with two attached hydrogens (primary N) is 1. The average Bonchev–Trinajstić information content (AvgIpc) is 2.63. The largest absolute Gasteiger partial charge is 0.340 e. The summed E-state index contributed by atoms with van der Waals surface area (Å²) in [4.78, 5) is -1.81. The predicted octanol–water partition coefficient (Wildman–Crippen LogP) is 6.75. The maximum absolute atomic E-state index is 12.9. The van der Waals surface area contributed by atoms with Crippen LogP contribution in [0.15, 0.2) is 71.6 Å². The van der Waals surface area contributed by atoms with E-state index in [4.69, 9.17) is 0 Å². The standard InChI is InChI=1S/C21H22F5NS/c1-16(20-13-5-10-18-9-2-3-12-21(18)20)27-14-6-8-17-7-4-11-19(15-17)28(22,23,24,25)26/h2-5,7,9-13,15-16,27H,6,8,14H2,1H3/p+1/t16-/m1/s1. The van der Waals surface area contributed by atoms with Gasteiger partial charge in [-0.05, 0) is 41.8 Å². The summed E-state index contributed by atoms with van der Waals surface area (Å²) >= 11 is 0. The number of rotatable bonds is 7. The molecule has 3 aromatic rings. The Morgan fingerprint density at radius 2 is 1.54 bits per heavy atom. The summed E-state index contributed by atoms with van der Waals surface area (Å²) in [5.41, 5.74) is 1.47. The molecule has 0 aliphatic carbocycles. The lowest BCUT2D eigenvalue weighted by atomic mass is 9.99. The second kappa shape index (κ2) is 6.74. The number of benzene rings is 3. The minimum atomic E-state index is -9.62. The van der Waals surface area contributed by atoms with Gasteiger partial charge >= 0.3 is 10.2 Å². The van der Waals surface area contributed by atoms with E-state index in [-0.39, 0.29) is 11.6 Å². The first kappa shape index (κ1) is 20.6. The van der Waals surface area contributed by atoms with Crippen LogP contribution in [-0.2, 0) is 6.42 Å². The Morgan fingerprint density at radius 3 is 2.29 bits per heavy atom. The van der Waals surface area contributed by atoms with E-state index in [1.807, 2.05) is 18.2 Å². The fourth-order valence-electron chi connectivity index (χ4n) is 3.39. The van der Waals surface area contributed by atoms with Crippen LogP contribution in [0, 0.1) is 0 Å². The molecule has 1 nitrogen and oxygen atoms in total. The maximum atomic E-state index is 12.9. The highest BCUT2D eigenvalue weighted by molar-refractivity contribution is 8.45. The lowest BCUT2D eigenvalue weighted by molar-refractivity contribution is -0.692. The highest BCUT2D eigenvalue weighted by atomic mass is 32.5. The number of hydrogen-bond donors (Lipinski definition) is 1. The highest BCUT2D eigenvalue weighted by Crippen LogP contribution is 3.02. The smallest absolute Gasteiger partial charge is 0.310 e. The number of quaternary nitrogens is 1. The van der Waals surface area contributed by atoms with Crippen molar-refractivity contribution in [2.24, 2.45) is 0 Å². The Kier molecular flexibility index (Phi) is 4.96. The summed E-state index contributed by atoms with van der Waals surface area (Å²) in [6, 6.07) is 17.9. The molecule has 0 saturated heterocycles. The third-order valence-electron chi connectivity index (χ3n) is 4.85. The molecule has 7 heteroatoms. The minimum absolute atomic E-state index is 0.183. The molecule has 0 unspecified atom stereocenters. The number of halogens is 5. The molecule has 0 spiro atoms. The third-order valence-corrected chi connectivity index (χ3v) is 5.99. The third kappa shape index (κ3) is 5.02. The Bertz CT molecular complexity index is 980. The van der Waals surface area contributed by atoms with Gasteiger partial charge in [0.25, 0.3) is 0 Å². The van der Waals surface area contributed by atoms with Crippen LogP contribution in [0.1, 0.15) is 30.5 Å². The molecule has 152 valence electrons. The maximum Gasteiger partial charge on any atom is 0.310 e. The fourth-order valence-corrected chi connectivity index (χ4v) is 4.10. The Balaban J connectivity index is 1.61. The second-order valence-corrected chi connectivity index (χ2v) is 9.51. The molecule has 0 aromatic heterocycles. The van der Waals surface area contributed by atoms with Crippen LogP contribution >= 0.6 is 10.2 Å². The van der Waals surface area contributed by atoms with Gasteiger partial charge < -0.3 is 5.32 Å². The molecule has 0 radical (unpaired) electrons. The van der Waals surface area contributed by atoms with Crippen LogP contribution in [0.4, 0.5) is 19.4 Å². The van der Waals surface area contributed by atoms with E-state index in [0.29, 0.717) is 31.5 Å². The first-order chi connectivity index (χ1) is 12.9. The molecule has 0 bridgehead atoms. The summed E-state index contributed by atoms with van der Waals surface area (Å²) in [5.74, 6) is 0. The minimum Gasteiger partial charge on any atom is -0.340 e. The van der Waals surface area contributed by atoms with Crippen LogP contribution in [0.25, 0.3) is 10.8 Å². The monoisotopic (exact) mass is 416 g/mol. The molecule has 0 saturated carbocycles. The van der Waals surface area contributed by atoms with Crippen LogP contribution in [-0.4, -0.2) is 6.54 Å². The zero-order valence-corrected chi connectivity index (χ0v) is 16.2. The molecular formula is C21H23F5NS+. The van der Waals surface area contributed by atoms with Gasteiger partial charge in [0, 0.05) is 12.0 Å². The lowest BCUT2D eigenvalue weighted by Gasteiger charge is -2.40. The van der Waals surface area contributed by atoms with E-state index < -0.39 is 15.1 Å². The first-order valence-corrected chi connectivity index (χ1v) is 11.0. The molecule has 3 aromatic carbocycles.